The molecule has 1 saturated carbocycles. The molecule has 2 fully saturated rings. The van der Waals surface area contributed by atoms with Gasteiger partial charge in [-0.1, -0.05) is 31.0 Å². The minimum Gasteiger partial charge on any atom is -0.493 e. The lowest BCUT2D eigenvalue weighted by Crippen LogP contribution is -2.46. The lowest BCUT2D eigenvalue weighted by Gasteiger charge is -2.38. The van der Waals surface area contributed by atoms with Crippen LogP contribution in [0.3, 0.4) is 0 Å². The second kappa shape index (κ2) is 9.62. The zero-order chi connectivity index (χ0) is 16.1. The van der Waals surface area contributed by atoms with E-state index in [9.17, 15) is 5.11 Å². The van der Waals surface area contributed by atoms with Crippen molar-refractivity contribution in [1.29, 1.82) is 0 Å². The van der Waals surface area contributed by atoms with Gasteiger partial charge in [-0.15, -0.1) is 12.4 Å². The van der Waals surface area contributed by atoms with E-state index in [1.54, 1.807) is 0 Å². The molecule has 0 bridgehead atoms. The standard InChI is InChI=1S/C19H29NO3.ClH/c1-2-22-16-10-6-5-9-15(16)19(21)18(14-7-3-4-8-14)17-13-20-11-12-23-17;/h5-6,9-10,14,17-21H,2-4,7-8,11-13H2,1H3;1H. The van der Waals surface area contributed by atoms with E-state index in [2.05, 4.69) is 5.32 Å². The molecular weight excluding hydrogens is 326 g/mol. The van der Waals surface area contributed by atoms with Gasteiger partial charge in [0.2, 0.25) is 0 Å². The molecule has 1 aliphatic carbocycles. The average molecular weight is 356 g/mol. The number of aliphatic hydroxyl groups excluding tert-OH is 1. The van der Waals surface area contributed by atoms with Crippen LogP contribution in [0.2, 0.25) is 0 Å². The summed E-state index contributed by atoms with van der Waals surface area (Å²) in [5.41, 5.74) is 0.903. The van der Waals surface area contributed by atoms with Crippen molar-refractivity contribution in [3.05, 3.63) is 29.8 Å². The number of ether oxygens (including phenoxy) is 2. The molecule has 0 spiro atoms. The second-order valence-corrected chi connectivity index (χ2v) is 6.65. The van der Waals surface area contributed by atoms with Gasteiger partial charge < -0.3 is 19.9 Å². The molecule has 1 aromatic rings. The fourth-order valence-corrected chi connectivity index (χ4v) is 4.16. The number of aliphatic hydroxyl groups is 1. The molecule has 136 valence electrons. The van der Waals surface area contributed by atoms with Crippen LogP contribution >= 0.6 is 12.4 Å². The average Bonchev–Trinajstić information content (AvgIpc) is 3.11. The fraction of sp³-hybridized carbons (Fsp3) is 0.684. The van der Waals surface area contributed by atoms with E-state index in [4.69, 9.17) is 9.47 Å². The molecule has 4 nitrogen and oxygen atoms in total. The predicted octanol–water partition coefficient (Wildman–Crippen LogP) is 3.34. The molecule has 3 atom stereocenters. The van der Waals surface area contributed by atoms with Crippen molar-refractivity contribution < 1.29 is 14.6 Å². The molecule has 2 N–H and O–H groups in total. The van der Waals surface area contributed by atoms with Crippen molar-refractivity contribution in [2.45, 2.75) is 44.8 Å². The van der Waals surface area contributed by atoms with E-state index in [0.717, 1.165) is 31.0 Å². The van der Waals surface area contributed by atoms with Crippen molar-refractivity contribution in [3.63, 3.8) is 0 Å². The first-order valence-electron chi connectivity index (χ1n) is 9.03. The van der Waals surface area contributed by atoms with Gasteiger partial charge in [0.15, 0.2) is 0 Å². The largest absolute Gasteiger partial charge is 0.493 e. The van der Waals surface area contributed by atoms with Crippen molar-refractivity contribution in [1.82, 2.24) is 5.32 Å². The van der Waals surface area contributed by atoms with Gasteiger partial charge in [-0.25, -0.2) is 0 Å². The Bertz CT molecular complexity index is 487. The third-order valence-corrected chi connectivity index (χ3v) is 5.23. The molecular formula is C19H30ClNO3. The number of para-hydroxylation sites is 1. The lowest BCUT2D eigenvalue weighted by molar-refractivity contribution is -0.0734. The Morgan fingerprint density at radius 2 is 2.04 bits per heavy atom. The first-order valence-corrected chi connectivity index (χ1v) is 9.03. The van der Waals surface area contributed by atoms with E-state index in [1.807, 2.05) is 31.2 Å². The first-order chi connectivity index (χ1) is 11.3. The summed E-state index contributed by atoms with van der Waals surface area (Å²) in [6, 6.07) is 7.89. The molecule has 24 heavy (non-hydrogen) atoms. The molecule has 0 radical (unpaired) electrons. The molecule has 3 rings (SSSR count). The van der Waals surface area contributed by atoms with Gasteiger partial charge in [0.1, 0.15) is 5.75 Å². The number of hydrogen-bond acceptors (Lipinski definition) is 4. The molecule has 1 heterocycles. The minimum atomic E-state index is -0.536. The maximum atomic E-state index is 11.2. The molecule has 3 unspecified atom stereocenters. The van der Waals surface area contributed by atoms with Crippen LogP contribution in [0.15, 0.2) is 24.3 Å². The topological polar surface area (TPSA) is 50.7 Å². The second-order valence-electron chi connectivity index (χ2n) is 6.65. The van der Waals surface area contributed by atoms with Gasteiger partial charge >= 0.3 is 0 Å². The monoisotopic (exact) mass is 355 g/mol. The third-order valence-electron chi connectivity index (χ3n) is 5.23. The van der Waals surface area contributed by atoms with Crippen LogP contribution in [0, 0.1) is 11.8 Å². The number of benzene rings is 1. The summed E-state index contributed by atoms with van der Waals surface area (Å²) >= 11 is 0. The van der Waals surface area contributed by atoms with Crippen LogP contribution in [0.5, 0.6) is 5.75 Å². The Morgan fingerprint density at radius 1 is 1.29 bits per heavy atom. The maximum Gasteiger partial charge on any atom is 0.125 e. The summed E-state index contributed by atoms with van der Waals surface area (Å²) in [6.45, 7) is 5.05. The van der Waals surface area contributed by atoms with Crippen LogP contribution in [0.1, 0.15) is 44.3 Å². The molecule has 1 saturated heterocycles. The van der Waals surface area contributed by atoms with Crippen LogP contribution in [0.4, 0.5) is 0 Å². The van der Waals surface area contributed by atoms with Crippen LogP contribution in [-0.2, 0) is 4.74 Å². The summed E-state index contributed by atoms with van der Waals surface area (Å²) in [5, 5.41) is 14.6. The number of morpholine rings is 1. The van der Waals surface area contributed by atoms with Crippen LogP contribution in [0.25, 0.3) is 0 Å². The van der Waals surface area contributed by atoms with Crippen LogP contribution < -0.4 is 10.1 Å². The van der Waals surface area contributed by atoms with Gasteiger partial charge in [-0.05, 0) is 31.7 Å². The normalized spacial score (nSPS) is 24.2. The molecule has 1 aliphatic heterocycles. The van der Waals surface area contributed by atoms with E-state index < -0.39 is 6.10 Å². The summed E-state index contributed by atoms with van der Waals surface area (Å²) < 4.78 is 11.8. The Kier molecular flexibility index (Phi) is 7.82. The third kappa shape index (κ3) is 4.42. The Labute approximate surface area is 151 Å². The molecule has 0 aromatic heterocycles. The smallest absolute Gasteiger partial charge is 0.125 e. The van der Waals surface area contributed by atoms with Crippen molar-refractivity contribution in [3.8, 4) is 5.75 Å². The lowest BCUT2D eigenvalue weighted by atomic mass is 9.79. The Morgan fingerprint density at radius 3 is 2.71 bits per heavy atom. The number of nitrogens with one attached hydrogen (secondary N) is 1. The SMILES string of the molecule is CCOc1ccccc1C(O)C(C1CCCC1)C1CNCCO1.Cl. The highest BCUT2D eigenvalue weighted by atomic mass is 35.5. The van der Waals surface area contributed by atoms with E-state index in [-0.39, 0.29) is 24.4 Å². The number of halogens is 1. The first kappa shape index (κ1) is 19.5. The van der Waals surface area contributed by atoms with Gasteiger partial charge in [0.25, 0.3) is 0 Å². The quantitative estimate of drug-likeness (QED) is 0.821. The fourth-order valence-electron chi connectivity index (χ4n) is 4.16. The van der Waals surface area contributed by atoms with Gasteiger partial charge in [0, 0.05) is 24.6 Å². The molecule has 1 aromatic carbocycles. The maximum absolute atomic E-state index is 11.2. The zero-order valence-electron chi connectivity index (χ0n) is 14.4. The van der Waals surface area contributed by atoms with E-state index >= 15 is 0 Å². The molecule has 0 amide bonds. The summed E-state index contributed by atoms with van der Waals surface area (Å²) in [5.74, 6) is 1.46. The predicted molar refractivity (Wildman–Crippen MR) is 97.9 cm³/mol. The highest BCUT2D eigenvalue weighted by Gasteiger charge is 2.39. The Balaban J connectivity index is 0.00000208. The minimum absolute atomic E-state index is 0. The summed E-state index contributed by atoms with van der Waals surface area (Å²) in [7, 11) is 0. The number of hydrogen-bond donors (Lipinski definition) is 2. The highest BCUT2D eigenvalue weighted by molar-refractivity contribution is 5.85. The highest BCUT2D eigenvalue weighted by Crippen LogP contribution is 2.43. The zero-order valence-corrected chi connectivity index (χ0v) is 15.3. The van der Waals surface area contributed by atoms with Gasteiger partial charge in [0.05, 0.1) is 25.4 Å². The van der Waals surface area contributed by atoms with Crippen molar-refractivity contribution in [2.24, 2.45) is 11.8 Å². The van der Waals surface area contributed by atoms with Crippen molar-refractivity contribution >= 4 is 12.4 Å². The summed E-state index contributed by atoms with van der Waals surface area (Å²) in [4.78, 5) is 0. The van der Waals surface area contributed by atoms with Gasteiger partial charge in [-0.3, -0.25) is 0 Å². The molecule has 2 aliphatic rings. The van der Waals surface area contributed by atoms with Crippen molar-refractivity contribution in [2.75, 3.05) is 26.3 Å². The Hall–Kier alpha value is -0.810. The molecule has 5 heteroatoms. The van der Waals surface area contributed by atoms with E-state index in [0.29, 0.717) is 12.5 Å². The summed E-state index contributed by atoms with van der Waals surface area (Å²) in [6.07, 6.45) is 4.46. The van der Waals surface area contributed by atoms with E-state index in [1.165, 1.54) is 25.7 Å². The van der Waals surface area contributed by atoms with Crippen LogP contribution in [-0.4, -0.2) is 37.5 Å². The van der Waals surface area contributed by atoms with Gasteiger partial charge in [-0.2, -0.15) is 0 Å². The number of rotatable bonds is 6.